The Hall–Kier alpha value is 0.310. The van der Waals surface area contributed by atoms with E-state index in [0.29, 0.717) is 0 Å². The van der Waals surface area contributed by atoms with Gasteiger partial charge in [0.1, 0.15) is 0 Å². The highest BCUT2D eigenvalue weighted by molar-refractivity contribution is 8.00. The minimum Gasteiger partial charge on any atom is -0.310 e. The maximum absolute atomic E-state index is 3.80. The molecule has 1 N–H and O–H groups in total. The maximum Gasteiger partial charge on any atom is 0.0194 e. The minimum absolute atomic E-state index is 0.760. The predicted molar refractivity (Wildman–Crippen MR) is 62.4 cm³/mol. The van der Waals surface area contributed by atoms with E-state index in [1.165, 1.54) is 31.4 Å². The van der Waals surface area contributed by atoms with Gasteiger partial charge in [0.15, 0.2) is 0 Å². The highest BCUT2D eigenvalue weighted by atomic mass is 32.2. The van der Waals surface area contributed by atoms with Crippen LogP contribution < -0.4 is 5.32 Å². The summed E-state index contributed by atoms with van der Waals surface area (Å²) in [7, 11) is 0. The van der Waals surface area contributed by atoms with Gasteiger partial charge in [-0.3, -0.25) is 0 Å². The van der Waals surface area contributed by atoms with Crippen molar-refractivity contribution in [2.24, 2.45) is 0 Å². The SMILES string of the molecule is CCCC(CC)NC1CCSC1C. The van der Waals surface area contributed by atoms with Crippen molar-refractivity contribution in [1.29, 1.82) is 0 Å². The van der Waals surface area contributed by atoms with Gasteiger partial charge in [-0.25, -0.2) is 0 Å². The number of rotatable bonds is 5. The molecule has 0 aromatic rings. The molecule has 1 nitrogen and oxygen atoms in total. The molecule has 78 valence electrons. The number of thioether (sulfide) groups is 1. The van der Waals surface area contributed by atoms with Crippen molar-refractivity contribution in [2.45, 2.75) is 63.8 Å². The first-order valence-electron chi connectivity index (χ1n) is 5.65. The average molecular weight is 201 g/mol. The maximum atomic E-state index is 3.80. The van der Waals surface area contributed by atoms with Crippen LogP contribution in [-0.4, -0.2) is 23.1 Å². The number of nitrogens with one attached hydrogen (secondary N) is 1. The van der Waals surface area contributed by atoms with Gasteiger partial charge in [-0.05, 0) is 25.0 Å². The van der Waals surface area contributed by atoms with Crippen molar-refractivity contribution in [3.63, 3.8) is 0 Å². The van der Waals surface area contributed by atoms with Gasteiger partial charge in [0.05, 0.1) is 0 Å². The van der Waals surface area contributed by atoms with Crippen molar-refractivity contribution in [3.8, 4) is 0 Å². The molecule has 1 heterocycles. The second-order valence-electron chi connectivity index (χ2n) is 4.03. The van der Waals surface area contributed by atoms with Crippen LogP contribution in [0.4, 0.5) is 0 Å². The van der Waals surface area contributed by atoms with E-state index in [9.17, 15) is 0 Å². The Labute approximate surface area is 87.1 Å². The molecule has 0 bridgehead atoms. The first-order chi connectivity index (χ1) is 6.27. The summed E-state index contributed by atoms with van der Waals surface area (Å²) >= 11 is 2.11. The minimum atomic E-state index is 0.760. The zero-order chi connectivity index (χ0) is 9.68. The molecule has 0 spiro atoms. The third kappa shape index (κ3) is 3.51. The van der Waals surface area contributed by atoms with Gasteiger partial charge in [0, 0.05) is 17.3 Å². The van der Waals surface area contributed by atoms with Crippen LogP contribution in [-0.2, 0) is 0 Å². The first-order valence-corrected chi connectivity index (χ1v) is 6.70. The van der Waals surface area contributed by atoms with Crippen LogP contribution in [0, 0.1) is 0 Å². The lowest BCUT2D eigenvalue weighted by Crippen LogP contribution is -2.40. The van der Waals surface area contributed by atoms with E-state index in [1.807, 2.05) is 0 Å². The topological polar surface area (TPSA) is 12.0 Å². The summed E-state index contributed by atoms with van der Waals surface area (Å²) in [6.45, 7) is 6.92. The summed E-state index contributed by atoms with van der Waals surface area (Å²) in [5.41, 5.74) is 0. The van der Waals surface area contributed by atoms with Gasteiger partial charge in [0.2, 0.25) is 0 Å². The molecule has 1 saturated heterocycles. The Kier molecular flexibility index (Phi) is 5.18. The Balaban J connectivity index is 2.27. The summed E-state index contributed by atoms with van der Waals surface area (Å²) in [5, 5.41) is 4.62. The Morgan fingerprint density at radius 2 is 2.23 bits per heavy atom. The summed E-state index contributed by atoms with van der Waals surface area (Å²) in [6.07, 6.45) is 5.29. The zero-order valence-electron chi connectivity index (χ0n) is 9.18. The summed E-state index contributed by atoms with van der Waals surface area (Å²) < 4.78 is 0. The molecule has 0 aromatic heterocycles. The molecule has 1 aliphatic heterocycles. The van der Waals surface area contributed by atoms with Crippen molar-refractivity contribution in [3.05, 3.63) is 0 Å². The first kappa shape index (κ1) is 11.4. The lowest BCUT2D eigenvalue weighted by Gasteiger charge is -2.23. The van der Waals surface area contributed by atoms with Crippen LogP contribution in [0.25, 0.3) is 0 Å². The molecule has 2 heteroatoms. The zero-order valence-corrected chi connectivity index (χ0v) is 9.99. The molecular formula is C11H23NS. The monoisotopic (exact) mass is 201 g/mol. The highest BCUT2D eigenvalue weighted by Crippen LogP contribution is 2.26. The lowest BCUT2D eigenvalue weighted by atomic mass is 10.1. The van der Waals surface area contributed by atoms with E-state index in [1.54, 1.807) is 0 Å². The third-order valence-electron chi connectivity index (χ3n) is 2.96. The van der Waals surface area contributed by atoms with Crippen molar-refractivity contribution >= 4 is 11.8 Å². The molecule has 3 unspecified atom stereocenters. The molecule has 1 aliphatic rings. The van der Waals surface area contributed by atoms with E-state index in [4.69, 9.17) is 0 Å². The Morgan fingerprint density at radius 3 is 2.69 bits per heavy atom. The fraction of sp³-hybridized carbons (Fsp3) is 1.00. The van der Waals surface area contributed by atoms with Gasteiger partial charge in [0.25, 0.3) is 0 Å². The van der Waals surface area contributed by atoms with Crippen LogP contribution in [0.3, 0.4) is 0 Å². The lowest BCUT2D eigenvalue weighted by molar-refractivity contribution is 0.394. The molecule has 0 aromatic carbocycles. The fourth-order valence-electron chi connectivity index (χ4n) is 2.01. The van der Waals surface area contributed by atoms with Crippen molar-refractivity contribution < 1.29 is 0 Å². The van der Waals surface area contributed by atoms with Gasteiger partial charge in [-0.2, -0.15) is 11.8 Å². The Morgan fingerprint density at radius 1 is 1.46 bits per heavy atom. The molecule has 0 aliphatic carbocycles. The van der Waals surface area contributed by atoms with Crippen molar-refractivity contribution in [2.75, 3.05) is 5.75 Å². The number of hydrogen-bond acceptors (Lipinski definition) is 2. The van der Waals surface area contributed by atoms with E-state index in [0.717, 1.165) is 17.3 Å². The highest BCUT2D eigenvalue weighted by Gasteiger charge is 2.25. The molecule has 0 saturated carbocycles. The van der Waals surface area contributed by atoms with Crippen LogP contribution in [0.1, 0.15) is 46.5 Å². The largest absolute Gasteiger partial charge is 0.310 e. The third-order valence-corrected chi connectivity index (χ3v) is 4.28. The molecule has 1 fully saturated rings. The second kappa shape index (κ2) is 5.92. The second-order valence-corrected chi connectivity index (χ2v) is 5.52. The summed E-state index contributed by atoms with van der Waals surface area (Å²) in [5.74, 6) is 1.35. The van der Waals surface area contributed by atoms with Crippen LogP contribution >= 0.6 is 11.8 Å². The van der Waals surface area contributed by atoms with Gasteiger partial charge < -0.3 is 5.32 Å². The molecule has 0 amide bonds. The van der Waals surface area contributed by atoms with Crippen LogP contribution in [0.5, 0.6) is 0 Å². The van der Waals surface area contributed by atoms with E-state index in [2.05, 4.69) is 37.8 Å². The molecule has 13 heavy (non-hydrogen) atoms. The van der Waals surface area contributed by atoms with Gasteiger partial charge in [-0.1, -0.05) is 27.2 Å². The van der Waals surface area contributed by atoms with Crippen molar-refractivity contribution in [1.82, 2.24) is 5.32 Å². The van der Waals surface area contributed by atoms with Crippen LogP contribution in [0.15, 0.2) is 0 Å². The number of hydrogen-bond donors (Lipinski definition) is 1. The van der Waals surface area contributed by atoms with Gasteiger partial charge >= 0.3 is 0 Å². The fourth-order valence-corrected chi connectivity index (χ4v) is 3.22. The predicted octanol–water partition coefficient (Wildman–Crippen LogP) is 3.05. The summed E-state index contributed by atoms with van der Waals surface area (Å²) in [6, 6.07) is 1.54. The average Bonchev–Trinajstić information content (AvgIpc) is 2.51. The van der Waals surface area contributed by atoms with E-state index < -0.39 is 0 Å². The summed E-state index contributed by atoms with van der Waals surface area (Å²) in [4.78, 5) is 0. The standard InChI is InChI=1S/C11H23NS/c1-4-6-10(5-2)12-11-7-8-13-9(11)3/h9-12H,4-8H2,1-3H3. The Bertz CT molecular complexity index is 138. The van der Waals surface area contributed by atoms with Gasteiger partial charge in [-0.15, -0.1) is 0 Å². The van der Waals surface area contributed by atoms with Crippen LogP contribution in [0.2, 0.25) is 0 Å². The molecule has 1 rings (SSSR count). The molecule has 0 radical (unpaired) electrons. The van der Waals surface area contributed by atoms with E-state index >= 15 is 0 Å². The normalized spacial score (nSPS) is 30.7. The van der Waals surface area contributed by atoms with E-state index in [-0.39, 0.29) is 0 Å². The molecule has 3 atom stereocenters. The molecular weight excluding hydrogens is 178 g/mol. The quantitative estimate of drug-likeness (QED) is 0.734. The smallest absolute Gasteiger partial charge is 0.0194 e.